The third-order valence-corrected chi connectivity index (χ3v) is 5.73. The number of thiocarbonyl (C=S) groups is 1. The third-order valence-electron chi connectivity index (χ3n) is 5.27. The van der Waals surface area contributed by atoms with Crippen LogP contribution in [0.25, 0.3) is 0 Å². The fraction of sp³-hybridized carbons (Fsp3) is 0.348. The lowest BCUT2D eigenvalue weighted by molar-refractivity contribution is -0.130. The second-order valence-corrected chi connectivity index (χ2v) is 7.52. The van der Waals surface area contributed by atoms with E-state index in [1.807, 2.05) is 36.1 Å². The second-order valence-electron chi connectivity index (χ2n) is 7.15. The second kappa shape index (κ2) is 10.3. The van der Waals surface area contributed by atoms with E-state index in [0.717, 1.165) is 11.3 Å². The van der Waals surface area contributed by atoms with Gasteiger partial charge >= 0.3 is 0 Å². The van der Waals surface area contributed by atoms with Crippen LogP contribution in [0.2, 0.25) is 0 Å². The number of carbonyl (C=O) groups is 2. The summed E-state index contributed by atoms with van der Waals surface area (Å²) in [6.45, 7) is 2.91. The van der Waals surface area contributed by atoms with Crippen LogP contribution in [0.5, 0.6) is 11.5 Å². The highest BCUT2D eigenvalue weighted by molar-refractivity contribution is 7.80. The number of nitrogens with one attached hydrogen (secondary N) is 1. The number of amides is 2. The Hall–Kier alpha value is -3.13. The highest BCUT2D eigenvalue weighted by atomic mass is 32.1. The molecule has 1 atom stereocenters. The van der Waals surface area contributed by atoms with Crippen LogP contribution < -0.4 is 14.8 Å². The van der Waals surface area contributed by atoms with Gasteiger partial charge in [0.1, 0.15) is 17.5 Å². The van der Waals surface area contributed by atoms with E-state index >= 15 is 0 Å². The smallest absolute Gasteiger partial charge is 0.252 e. The van der Waals surface area contributed by atoms with E-state index in [-0.39, 0.29) is 18.2 Å². The van der Waals surface area contributed by atoms with Gasteiger partial charge in [0.25, 0.3) is 5.91 Å². The highest BCUT2D eigenvalue weighted by Crippen LogP contribution is 2.23. The molecule has 1 saturated heterocycles. The number of anilines is 1. The molecule has 2 amide bonds. The minimum Gasteiger partial charge on any atom is -0.497 e. The summed E-state index contributed by atoms with van der Waals surface area (Å²) in [7, 11) is 3.21. The Morgan fingerprint density at radius 3 is 2.16 bits per heavy atom. The normalized spacial score (nSPS) is 15.9. The number of benzene rings is 2. The number of likely N-dealkylation sites (N-methyl/N-ethyl adjacent to an activating group) is 1. The van der Waals surface area contributed by atoms with Crippen LogP contribution in [0.15, 0.2) is 48.5 Å². The average Bonchev–Trinajstić information content (AvgIpc) is 3.01. The highest BCUT2D eigenvalue weighted by Gasteiger charge is 2.42. The molecule has 2 aromatic rings. The Morgan fingerprint density at radius 2 is 1.61 bits per heavy atom. The summed E-state index contributed by atoms with van der Waals surface area (Å²) in [5, 5.41) is 3.32. The molecule has 1 N–H and O–H groups in total. The molecule has 0 spiro atoms. The first-order valence-corrected chi connectivity index (χ1v) is 10.6. The quantitative estimate of drug-likeness (QED) is 0.603. The molecule has 164 valence electrons. The van der Waals surface area contributed by atoms with Gasteiger partial charge in [-0.1, -0.05) is 12.1 Å². The Kier molecular flexibility index (Phi) is 7.46. The molecule has 0 saturated carbocycles. The van der Waals surface area contributed by atoms with Crippen molar-refractivity contribution < 1.29 is 19.1 Å². The SMILES string of the molecule is CCN1C(=O)[C@H](CC(=O)Nc2ccc(OC)cc2)N(CCc2ccc(OC)cc2)C1=S. The number of ether oxygens (including phenoxy) is 2. The maximum Gasteiger partial charge on any atom is 0.252 e. The van der Waals surface area contributed by atoms with Gasteiger partial charge in [0.15, 0.2) is 5.11 Å². The van der Waals surface area contributed by atoms with Crippen LogP contribution in [0.4, 0.5) is 5.69 Å². The minimum absolute atomic E-state index is 0.0319. The molecule has 1 heterocycles. The number of hydrogen-bond acceptors (Lipinski definition) is 5. The van der Waals surface area contributed by atoms with E-state index in [1.165, 1.54) is 0 Å². The first-order valence-electron chi connectivity index (χ1n) is 10.2. The van der Waals surface area contributed by atoms with Gasteiger partial charge in [-0.15, -0.1) is 0 Å². The van der Waals surface area contributed by atoms with Gasteiger partial charge in [0.2, 0.25) is 5.91 Å². The lowest BCUT2D eigenvalue weighted by atomic mass is 10.1. The standard InChI is InChI=1S/C23H27N3O4S/c1-4-25-22(28)20(15-21(27)24-17-7-11-19(30-3)12-8-17)26(23(25)31)14-13-16-5-9-18(29-2)10-6-16/h5-12,20H,4,13-15H2,1-3H3,(H,24,27)/t20-/m0/s1. The molecule has 0 radical (unpaired) electrons. The van der Waals surface area contributed by atoms with Gasteiger partial charge in [-0.2, -0.15) is 0 Å². The monoisotopic (exact) mass is 441 g/mol. The van der Waals surface area contributed by atoms with E-state index in [0.29, 0.717) is 36.1 Å². The number of nitrogens with zero attached hydrogens (tertiary/aromatic N) is 2. The first kappa shape index (κ1) is 22.6. The molecule has 1 aliphatic rings. The number of methoxy groups -OCH3 is 2. The lowest BCUT2D eigenvalue weighted by Gasteiger charge is -2.23. The zero-order chi connectivity index (χ0) is 22.4. The Labute approximate surface area is 187 Å². The molecule has 3 rings (SSSR count). The van der Waals surface area contributed by atoms with Crippen molar-refractivity contribution in [2.24, 2.45) is 0 Å². The van der Waals surface area contributed by atoms with Crippen LogP contribution >= 0.6 is 12.2 Å². The van der Waals surface area contributed by atoms with Crippen LogP contribution in [0.3, 0.4) is 0 Å². The molecule has 0 unspecified atom stereocenters. The van der Waals surface area contributed by atoms with Crippen molar-refractivity contribution in [1.82, 2.24) is 9.80 Å². The zero-order valence-corrected chi connectivity index (χ0v) is 18.8. The summed E-state index contributed by atoms with van der Waals surface area (Å²) in [4.78, 5) is 29.0. The molecule has 0 bridgehead atoms. The minimum atomic E-state index is -0.607. The van der Waals surface area contributed by atoms with Gasteiger partial charge in [-0.3, -0.25) is 14.5 Å². The van der Waals surface area contributed by atoms with E-state index in [9.17, 15) is 9.59 Å². The van der Waals surface area contributed by atoms with Crippen LogP contribution in [0.1, 0.15) is 18.9 Å². The molecule has 31 heavy (non-hydrogen) atoms. The number of carbonyl (C=O) groups excluding carboxylic acids is 2. The van der Waals surface area contributed by atoms with E-state index in [2.05, 4.69) is 5.32 Å². The number of hydrogen-bond donors (Lipinski definition) is 1. The van der Waals surface area contributed by atoms with E-state index in [4.69, 9.17) is 21.7 Å². The van der Waals surface area contributed by atoms with Crippen molar-refractivity contribution in [2.75, 3.05) is 32.6 Å². The summed E-state index contributed by atoms with van der Waals surface area (Å²) in [6.07, 6.45) is 0.732. The predicted molar refractivity (Wildman–Crippen MR) is 123 cm³/mol. The third kappa shape index (κ3) is 5.32. The molecular formula is C23H27N3O4S. The van der Waals surface area contributed by atoms with Crippen molar-refractivity contribution >= 4 is 34.8 Å². The summed E-state index contributed by atoms with van der Waals surface area (Å²) < 4.78 is 10.3. The predicted octanol–water partition coefficient (Wildman–Crippen LogP) is 3.09. The topological polar surface area (TPSA) is 71.1 Å². The lowest BCUT2D eigenvalue weighted by Crippen LogP contribution is -2.39. The molecule has 1 fully saturated rings. The Balaban J connectivity index is 1.67. The largest absolute Gasteiger partial charge is 0.497 e. The average molecular weight is 442 g/mol. The van der Waals surface area contributed by atoms with E-state index < -0.39 is 6.04 Å². The van der Waals surface area contributed by atoms with Crippen LogP contribution in [-0.2, 0) is 16.0 Å². The Bertz CT molecular complexity index is 931. The molecular weight excluding hydrogens is 414 g/mol. The summed E-state index contributed by atoms with van der Waals surface area (Å²) in [5.74, 6) is 1.13. The summed E-state index contributed by atoms with van der Waals surface area (Å²) in [5.41, 5.74) is 1.75. The summed E-state index contributed by atoms with van der Waals surface area (Å²) in [6, 6.07) is 14.2. The van der Waals surface area contributed by atoms with Crippen LogP contribution in [-0.4, -0.2) is 60.1 Å². The van der Waals surface area contributed by atoms with Gasteiger partial charge < -0.3 is 19.7 Å². The van der Waals surface area contributed by atoms with Crippen molar-refractivity contribution in [3.8, 4) is 11.5 Å². The van der Waals surface area contributed by atoms with Crippen molar-refractivity contribution in [1.29, 1.82) is 0 Å². The Morgan fingerprint density at radius 1 is 1.03 bits per heavy atom. The molecule has 1 aliphatic heterocycles. The first-order chi connectivity index (χ1) is 15.0. The molecule has 0 aromatic heterocycles. The molecule has 8 heteroatoms. The fourth-order valence-electron chi connectivity index (χ4n) is 3.54. The maximum atomic E-state index is 12.9. The summed E-state index contributed by atoms with van der Waals surface area (Å²) >= 11 is 5.55. The molecule has 0 aliphatic carbocycles. The van der Waals surface area contributed by atoms with Crippen molar-refractivity contribution in [2.45, 2.75) is 25.8 Å². The zero-order valence-electron chi connectivity index (χ0n) is 18.0. The number of rotatable bonds is 9. The maximum absolute atomic E-state index is 12.9. The molecule has 7 nitrogen and oxygen atoms in total. The van der Waals surface area contributed by atoms with Crippen LogP contribution in [0, 0.1) is 0 Å². The van der Waals surface area contributed by atoms with E-state index in [1.54, 1.807) is 43.4 Å². The molecule has 2 aromatic carbocycles. The van der Waals surface area contributed by atoms with Gasteiger partial charge in [-0.05, 0) is 67.5 Å². The van der Waals surface area contributed by atoms with Gasteiger partial charge in [-0.25, -0.2) is 0 Å². The van der Waals surface area contributed by atoms with Crippen molar-refractivity contribution in [3.05, 3.63) is 54.1 Å². The van der Waals surface area contributed by atoms with Gasteiger partial charge in [0, 0.05) is 18.8 Å². The van der Waals surface area contributed by atoms with Gasteiger partial charge in [0.05, 0.1) is 20.6 Å². The van der Waals surface area contributed by atoms with Crippen molar-refractivity contribution in [3.63, 3.8) is 0 Å². The fourth-order valence-corrected chi connectivity index (χ4v) is 3.98.